The van der Waals surface area contributed by atoms with Crippen LogP contribution in [0.3, 0.4) is 0 Å². The van der Waals surface area contributed by atoms with Crippen LogP contribution in [0.25, 0.3) is 5.76 Å². The molecule has 0 aliphatic heterocycles. The Hall–Kier alpha value is -1.84. The number of aliphatic hydroxyl groups excluding tert-OH is 1. The van der Waals surface area contributed by atoms with Crippen molar-refractivity contribution in [3.8, 4) is 0 Å². The van der Waals surface area contributed by atoms with Crippen LogP contribution in [-0.2, 0) is 4.79 Å². The highest BCUT2D eigenvalue weighted by molar-refractivity contribution is 6.50. The first-order valence-corrected chi connectivity index (χ1v) is 3.37. The van der Waals surface area contributed by atoms with E-state index in [-0.39, 0.29) is 11.3 Å². The molecule has 60 valence electrons. The van der Waals surface area contributed by atoms with Gasteiger partial charge in [-0.1, -0.05) is 0 Å². The van der Waals surface area contributed by atoms with Crippen LogP contribution in [0.4, 0.5) is 0 Å². The number of allylic oxidation sites excluding steroid dienone is 1. The highest BCUT2D eigenvalue weighted by Crippen LogP contribution is 2.20. The van der Waals surface area contributed by atoms with E-state index in [1.165, 1.54) is 12.3 Å². The number of aliphatic hydroxyl groups is 1. The van der Waals surface area contributed by atoms with Gasteiger partial charge in [-0.2, -0.15) is 0 Å². The molecular weight excluding hydrogens is 158 g/mol. The maximum atomic E-state index is 11.1. The number of ketones is 2. The Kier molecular flexibility index (Phi) is 1.18. The summed E-state index contributed by atoms with van der Waals surface area (Å²) in [5, 5.41) is 9.20. The number of Topliss-reactive ketones (excluding diaryl/α,β-unsaturated/α-hetero) is 1. The standard InChI is InChI=1S/C8H5NO3/c10-5-3-6(11)8(12)4-1-2-9-7(4)5/h1-3,9-10H. The first-order chi connectivity index (χ1) is 5.70. The van der Waals surface area contributed by atoms with Gasteiger partial charge in [0.05, 0.1) is 11.3 Å². The van der Waals surface area contributed by atoms with Gasteiger partial charge in [-0.3, -0.25) is 9.59 Å². The Balaban J connectivity index is 2.70. The van der Waals surface area contributed by atoms with Gasteiger partial charge in [-0.15, -0.1) is 0 Å². The largest absolute Gasteiger partial charge is 0.506 e. The smallest absolute Gasteiger partial charge is 0.235 e. The topological polar surface area (TPSA) is 70.2 Å². The summed E-state index contributed by atoms with van der Waals surface area (Å²) >= 11 is 0. The average Bonchev–Trinajstić information content (AvgIpc) is 2.48. The van der Waals surface area contributed by atoms with Crippen LogP contribution in [0.5, 0.6) is 0 Å². The van der Waals surface area contributed by atoms with Crippen LogP contribution in [0.2, 0.25) is 0 Å². The lowest BCUT2D eigenvalue weighted by Gasteiger charge is -2.05. The number of hydrogen-bond acceptors (Lipinski definition) is 3. The molecule has 0 unspecified atom stereocenters. The minimum Gasteiger partial charge on any atom is -0.506 e. The molecule has 0 bridgehead atoms. The summed E-state index contributed by atoms with van der Waals surface area (Å²) in [5.41, 5.74) is 0.555. The molecule has 0 amide bonds. The van der Waals surface area contributed by atoms with Crippen LogP contribution < -0.4 is 0 Å². The van der Waals surface area contributed by atoms with Gasteiger partial charge in [0.25, 0.3) is 0 Å². The van der Waals surface area contributed by atoms with E-state index in [0.717, 1.165) is 6.08 Å². The zero-order valence-electron chi connectivity index (χ0n) is 6.00. The maximum absolute atomic E-state index is 11.1. The molecular formula is C8H5NO3. The second-order valence-electron chi connectivity index (χ2n) is 2.49. The number of carbonyl (C=O) groups is 2. The number of hydrogen-bond donors (Lipinski definition) is 2. The molecule has 1 aromatic rings. The monoisotopic (exact) mass is 163 g/mol. The number of aromatic amines is 1. The Morgan fingerprint density at radius 3 is 2.83 bits per heavy atom. The summed E-state index contributed by atoms with van der Waals surface area (Å²) in [6, 6.07) is 1.47. The number of nitrogens with one attached hydrogen (secondary N) is 1. The minimum absolute atomic E-state index is 0.181. The lowest BCUT2D eigenvalue weighted by Crippen LogP contribution is -2.17. The van der Waals surface area contributed by atoms with Crippen molar-refractivity contribution < 1.29 is 14.7 Å². The van der Waals surface area contributed by atoms with E-state index in [2.05, 4.69) is 4.98 Å². The Bertz CT molecular complexity index is 400. The Labute approximate surface area is 67.5 Å². The molecule has 12 heavy (non-hydrogen) atoms. The molecule has 1 aliphatic carbocycles. The van der Waals surface area contributed by atoms with E-state index < -0.39 is 11.6 Å². The molecule has 0 fully saturated rings. The van der Waals surface area contributed by atoms with E-state index in [4.69, 9.17) is 0 Å². The molecule has 0 aromatic carbocycles. The molecule has 0 saturated heterocycles. The van der Waals surface area contributed by atoms with Crippen molar-refractivity contribution in [2.75, 3.05) is 0 Å². The van der Waals surface area contributed by atoms with Crippen molar-refractivity contribution in [2.24, 2.45) is 0 Å². The fraction of sp³-hybridized carbons (Fsp3) is 0. The summed E-state index contributed by atoms with van der Waals surface area (Å²) in [4.78, 5) is 24.6. The SMILES string of the molecule is O=C1C=C(O)c2[nH]ccc2C1=O. The molecule has 0 atom stereocenters. The molecule has 2 N–H and O–H groups in total. The predicted molar refractivity (Wildman–Crippen MR) is 40.7 cm³/mol. The average molecular weight is 163 g/mol. The van der Waals surface area contributed by atoms with Crippen LogP contribution in [-0.4, -0.2) is 21.7 Å². The number of H-pyrrole nitrogens is 1. The van der Waals surface area contributed by atoms with Gasteiger partial charge in [0.2, 0.25) is 11.6 Å². The van der Waals surface area contributed by atoms with Gasteiger partial charge in [0.15, 0.2) is 0 Å². The van der Waals surface area contributed by atoms with E-state index in [1.807, 2.05) is 0 Å². The quantitative estimate of drug-likeness (QED) is 0.552. The molecule has 0 spiro atoms. The van der Waals surface area contributed by atoms with Crippen LogP contribution >= 0.6 is 0 Å². The number of rotatable bonds is 0. The third-order valence-electron chi connectivity index (χ3n) is 1.74. The number of carbonyl (C=O) groups excluding carboxylic acids is 2. The summed E-state index contributed by atoms with van der Waals surface area (Å²) in [7, 11) is 0. The van der Waals surface area contributed by atoms with Crippen molar-refractivity contribution >= 4 is 17.3 Å². The first kappa shape index (κ1) is 6.84. The lowest BCUT2D eigenvalue weighted by atomic mass is 10.0. The molecule has 1 aliphatic rings. The van der Waals surface area contributed by atoms with Gasteiger partial charge in [0, 0.05) is 12.3 Å². The summed E-state index contributed by atoms with van der Waals surface area (Å²) < 4.78 is 0. The predicted octanol–water partition coefficient (Wildman–Crippen LogP) is 0.679. The molecule has 1 heterocycles. The summed E-state index contributed by atoms with van der Waals surface area (Å²) in [5.74, 6) is -1.44. The fourth-order valence-electron chi connectivity index (χ4n) is 1.17. The number of fused-ring (bicyclic) bond motifs is 1. The summed E-state index contributed by atoms with van der Waals surface area (Å²) in [6.45, 7) is 0. The van der Waals surface area contributed by atoms with Gasteiger partial charge in [-0.25, -0.2) is 0 Å². The van der Waals surface area contributed by atoms with Gasteiger partial charge < -0.3 is 10.1 Å². The molecule has 4 heteroatoms. The lowest BCUT2D eigenvalue weighted by molar-refractivity contribution is -0.111. The van der Waals surface area contributed by atoms with Crippen molar-refractivity contribution in [3.63, 3.8) is 0 Å². The van der Waals surface area contributed by atoms with Gasteiger partial charge in [-0.05, 0) is 6.07 Å². The molecule has 0 radical (unpaired) electrons. The van der Waals surface area contributed by atoms with Crippen molar-refractivity contribution in [1.82, 2.24) is 4.98 Å². The fourth-order valence-corrected chi connectivity index (χ4v) is 1.17. The maximum Gasteiger partial charge on any atom is 0.235 e. The van der Waals surface area contributed by atoms with Crippen molar-refractivity contribution in [2.45, 2.75) is 0 Å². The van der Waals surface area contributed by atoms with E-state index in [0.29, 0.717) is 5.69 Å². The third-order valence-corrected chi connectivity index (χ3v) is 1.74. The second kappa shape index (κ2) is 2.07. The normalized spacial score (nSPS) is 15.8. The van der Waals surface area contributed by atoms with E-state index in [1.54, 1.807) is 0 Å². The second-order valence-corrected chi connectivity index (χ2v) is 2.49. The van der Waals surface area contributed by atoms with E-state index in [9.17, 15) is 14.7 Å². The third kappa shape index (κ3) is 0.717. The van der Waals surface area contributed by atoms with Crippen molar-refractivity contribution in [3.05, 3.63) is 29.6 Å². The zero-order chi connectivity index (χ0) is 8.72. The van der Waals surface area contributed by atoms with Crippen molar-refractivity contribution in [1.29, 1.82) is 0 Å². The van der Waals surface area contributed by atoms with Crippen LogP contribution in [0, 0.1) is 0 Å². The molecule has 4 nitrogen and oxygen atoms in total. The molecule has 2 rings (SSSR count). The Morgan fingerprint density at radius 2 is 2.08 bits per heavy atom. The highest BCUT2D eigenvalue weighted by atomic mass is 16.3. The Morgan fingerprint density at radius 1 is 1.33 bits per heavy atom. The molecule has 1 aromatic heterocycles. The van der Waals surface area contributed by atoms with Gasteiger partial charge in [0.1, 0.15) is 5.76 Å². The van der Waals surface area contributed by atoms with Crippen LogP contribution in [0.1, 0.15) is 16.1 Å². The molecule has 0 saturated carbocycles. The van der Waals surface area contributed by atoms with Crippen LogP contribution in [0.15, 0.2) is 18.3 Å². The van der Waals surface area contributed by atoms with Gasteiger partial charge >= 0.3 is 0 Å². The minimum atomic E-state index is -0.681. The first-order valence-electron chi connectivity index (χ1n) is 3.37. The highest BCUT2D eigenvalue weighted by Gasteiger charge is 2.26. The zero-order valence-corrected chi connectivity index (χ0v) is 6.00. The summed E-state index contributed by atoms with van der Waals surface area (Å²) in [6.07, 6.45) is 2.42. The van der Waals surface area contributed by atoms with E-state index >= 15 is 0 Å². The number of aromatic nitrogens is 1.